The summed E-state index contributed by atoms with van der Waals surface area (Å²) < 4.78 is 0. The third-order valence-corrected chi connectivity index (χ3v) is 3.72. The smallest absolute Gasteiger partial charge is 0.00206 e. The zero-order valence-corrected chi connectivity index (χ0v) is 9.90. The second-order valence-electron chi connectivity index (χ2n) is 4.65. The Kier molecular flexibility index (Phi) is 1.79. The molecule has 0 aromatic heterocycles. The van der Waals surface area contributed by atoms with Crippen LogP contribution in [0.25, 0.3) is 32.3 Å². The van der Waals surface area contributed by atoms with E-state index in [1.165, 1.54) is 32.3 Å². The first-order valence-electron chi connectivity index (χ1n) is 6.08. The molecule has 0 atom stereocenters. The summed E-state index contributed by atoms with van der Waals surface area (Å²) in [6.07, 6.45) is 3.03. The van der Waals surface area contributed by atoms with Crippen LogP contribution in [0.15, 0.2) is 61.2 Å². The number of hydrogen-bond acceptors (Lipinski definition) is 0. The van der Waals surface area contributed by atoms with Crippen LogP contribution in [0.1, 0.15) is 5.56 Å². The van der Waals surface area contributed by atoms with E-state index in [-0.39, 0.29) is 0 Å². The van der Waals surface area contributed by atoms with Crippen molar-refractivity contribution >= 4 is 32.3 Å². The minimum atomic E-state index is 1.08. The van der Waals surface area contributed by atoms with Gasteiger partial charge < -0.3 is 0 Å². The molecule has 0 aliphatic heterocycles. The first kappa shape index (κ1) is 9.67. The van der Waals surface area contributed by atoms with Crippen LogP contribution in [0.3, 0.4) is 0 Å². The fourth-order valence-corrected chi connectivity index (χ4v) is 2.89. The molecular weight excluding hydrogens is 216 g/mol. The number of benzene rings is 4. The molecule has 0 unspecified atom stereocenters. The van der Waals surface area contributed by atoms with Crippen LogP contribution in [0.4, 0.5) is 0 Å². The predicted octanol–water partition coefficient (Wildman–Crippen LogP) is 4.92. The average molecular weight is 227 g/mol. The molecule has 18 heavy (non-hydrogen) atoms. The van der Waals surface area contributed by atoms with Crippen LogP contribution in [0.2, 0.25) is 0 Å². The van der Waals surface area contributed by atoms with Gasteiger partial charge in [0.2, 0.25) is 0 Å². The maximum atomic E-state index is 3.79. The molecule has 1 radical (unpaired) electrons. The van der Waals surface area contributed by atoms with Gasteiger partial charge in [-0.3, -0.25) is 0 Å². The molecule has 0 fully saturated rings. The predicted molar refractivity (Wildman–Crippen MR) is 78.1 cm³/mol. The molecular formula is C18H11. The fourth-order valence-electron chi connectivity index (χ4n) is 2.89. The molecule has 4 aromatic rings. The SMILES string of the molecule is C=[C]c1ccc2ccc3cccc4ccc1c2c34. The van der Waals surface area contributed by atoms with Crippen molar-refractivity contribution in [3.63, 3.8) is 0 Å². The lowest BCUT2D eigenvalue weighted by atomic mass is 9.92. The van der Waals surface area contributed by atoms with Crippen LogP contribution in [-0.4, -0.2) is 0 Å². The highest BCUT2D eigenvalue weighted by Gasteiger charge is 2.08. The normalized spacial score (nSPS) is 11.6. The molecule has 0 nitrogen and oxygen atoms in total. The zero-order valence-electron chi connectivity index (χ0n) is 9.90. The largest absolute Gasteiger partial charge is 0.0905 e. The lowest BCUT2D eigenvalue weighted by Gasteiger charge is -2.11. The molecule has 83 valence electrons. The maximum Gasteiger partial charge on any atom is -0.00206 e. The summed E-state index contributed by atoms with van der Waals surface area (Å²) in [6, 6.07) is 19.5. The van der Waals surface area contributed by atoms with Crippen LogP contribution >= 0.6 is 0 Å². The second kappa shape index (κ2) is 3.33. The van der Waals surface area contributed by atoms with Crippen LogP contribution in [0, 0.1) is 6.08 Å². The van der Waals surface area contributed by atoms with Crippen molar-refractivity contribution in [3.8, 4) is 0 Å². The summed E-state index contributed by atoms with van der Waals surface area (Å²) in [5.74, 6) is 0. The summed E-state index contributed by atoms with van der Waals surface area (Å²) in [5.41, 5.74) is 1.08. The molecule has 4 rings (SSSR count). The first-order valence-corrected chi connectivity index (χ1v) is 6.08. The molecule has 0 saturated heterocycles. The molecule has 0 heteroatoms. The van der Waals surface area contributed by atoms with Gasteiger partial charge in [-0.1, -0.05) is 61.2 Å². The van der Waals surface area contributed by atoms with E-state index in [4.69, 9.17) is 0 Å². The van der Waals surface area contributed by atoms with E-state index in [0.29, 0.717) is 0 Å². The Bertz CT molecular complexity index is 868. The standard InChI is InChI=1S/C18H11/c1-2-12-6-7-15-9-8-13-4-3-5-14-10-11-16(12)18(15)17(13)14/h3-11H,1H2. The summed E-state index contributed by atoms with van der Waals surface area (Å²) >= 11 is 0. The van der Waals surface area contributed by atoms with Crippen molar-refractivity contribution in [1.82, 2.24) is 0 Å². The summed E-state index contributed by atoms with van der Waals surface area (Å²) in [5, 5.41) is 7.81. The van der Waals surface area contributed by atoms with Gasteiger partial charge in [-0.25, -0.2) is 0 Å². The van der Waals surface area contributed by atoms with Gasteiger partial charge in [-0.05, 0) is 44.0 Å². The Labute approximate surface area is 105 Å². The average Bonchev–Trinajstić information content (AvgIpc) is 2.44. The summed E-state index contributed by atoms with van der Waals surface area (Å²) in [4.78, 5) is 0. The van der Waals surface area contributed by atoms with Gasteiger partial charge in [0.25, 0.3) is 0 Å². The van der Waals surface area contributed by atoms with Crippen LogP contribution < -0.4 is 0 Å². The quantitative estimate of drug-likeness (QED) is 0.405. The third-order valence-electron chi connectivity index (χ3n) is 3.72. The van der Waals surface area contributed by atoms with Gasteiger partial charge in [-0.15, -0.1) is 0 Å². The highest BCUT2D eigenvalue weighted by molar-refractivity contribution is 6.23. The van der Waals surface area contributed by atoms with E-state index in [2.05, 4.69) is 67.3 Å². The summed E-state index contributed by atoms with van der Waals surface area (Å²) in [7, 11) is 0. The monoisotopic (exact) mass is 227 g/mol. The van der Waals surface area contributed by atoms with E-state index < -0.39 is 0 Å². The van der Waals surface area contributed by atoms with Gasteiger partial charge in [-0.2, -0.15) is 0 Å². The first-order chi connectivity index (χ1) is 8.88. The lowest BCUT2D eigenvalue weighted by Crippen LogP contribution is -1.86. The van der Waals surface area contributed by atoms with E-state index >= 15 is 0 Å². The Hall–Kier alpha value is -2.34. The van der Waals surface area contributed by atoms with Gasteiger partial charge in [0.15, 0.2) is 0 Å². The Morgan fingerprint density at radius 1 is 0.667 bits per heavy atom. The Balaban J connectivity index is 2.43. The van der Waals surface area contributed by atoms with E-state index in [1.54, 1.807) is 0 Å². The third kappa shape index (κ3) is 1.10. The topological polar surface area (TPSA) is 0 Å². The minimum absolute atomic E-state index is 1.08. The number of rotatable bonds is 1. The molecule has 0 heterocycles. The van der Waals surface area contributed by atoms with Crippen molar-refractivity contribution in [2.24, 2.45) is 0 Å². The zero-order chi connectivity index (χ0) is 12.1. The van der Waals surface area contributed by atoms with E-state index in [0.717, 1.165) is 5.56 Å². The van der Waals surface area contributed by atoms with Crippen molar-refractivity contribution in [2.75, 3.05) is 0 Å². The Morgan fingerprint density at radius 2 is 1.28 bits per heavy atom. The minimum Gasteiger partial charge on any atom is -0.0905 e. The summed E-state index contributed by atoms with van der Waals surface area (Å²) in [6.45, 7) is 3.79. The molecule has 4 aromatic carbocycles. The molecule has 0 aliphatic carbocycles. The van der Waals surface area contributed by atoms with Crippen LogP contribution in [0.5, 0.6) is 0 Å². The van der Waals surface area contributed by atoms with E-state index in [9.17, 15) is 0 Å². The highest BCUT2D eigenvalue weighted by atomic mass is 14.1. The second-order valence-corrected chi connectivity index (χ2v) is 4.65. The molecule has 0 saturated carbocycles. The molecule has 0 N–H and O–H groups in total. The number of hydrogen-bond donors (Lipinski definition) is 0. The van der Waals surface area contributed by atoms with Crippen molar-refractivity contribution in [3.05, 3.63) is 72.8 Å². The van der Waals surface area contributed by atoms with Gasteiger partial charge in [0, 0.05) is 0 Å². The van der Waals surface area contributed by atoms with Gasteiger partial charge in [0.1, 0.15) is 0 Å². The van der Waals surface area contributed by atoms with Gasteiger partial charge in [0.05, 0.1) is 0 Å². The van der Waals surface area contributed by atoms with E-state index in [1.807, 2.05) is 0 Å². The highest BCUT2D eigenvalue weighted by Crippen LogP contribution is 2.35. The van der Waals surface area contributed by atoms with Crippen molar-refractivity contribution in [1.29, 1.82) is 0 Å². The van der Waals surface area contributed by atoms with Crippen molar-refractivity contribution in [2.45, 2.75) is 0 Å². The van der Waals surface area contributed by atoms with Gasteiger partial charge >= 0.3 is 0 Å². The molecule has 0 bridgehead atoms. The lowest BCUT2D eigenvalue weighted by molar-refractivity contribution is 1.68. The van der Waals surface area contributed by atoms with Crippen molar-refractivity contribution < 1.29 is 0 Å². The Morgan fingerprint density at radius 3 is 2.00 bits per heavy atom. The van der Waals surface area contributed by atoms with Crippen LogP contribution in [-0.2, 0) is 0 Å². The fraction of sp³-hybridized carbons (Fsp3) is 0. The maximum absolute atomic E-state index is 3.79. The molecule has 0 spiro atoms. The molecule has 0 aliphatic rings. The molecule has 0 amide bonds.